The van der Waals surface area contributed by atoms with Gasteiger partial charge >= 0.3 is 11.1 Å². The number of H-pyrrole nitrogens is 1. The van der Waals surface area contributed by atoms with Crippen LogP contribution in [0.5, 0.6) is 5.75 Å². The Morgan fingerprint density at radius 2 is 2.19 bits per heavy atom. The molecule has 0 aliphatic carbocycles. The van der Waals surface area contributed by atoms with Gasteiger partial charge < -0.3 is 4.74 Å². The van der Waals surface area contributed by atoms with Gasteiger partial charge in [-0.1, -0.05) is 11.8 Å². The molecule has 0 unspecified atom stereocenters. The molecule has 1 aromatic heterocycles. The molecule has 110 valence electrons. The maximum Gasteiger partial charge on any atom is 0.339 e. The number of carbonyl (C=O) groups is 1. The Bertz CT molecular complexity index is 782. The Kier molecular flexibility index (Phi) is 4.59. The van der Waals surface area contributed by atoms with Gasteiger partial charge in [0.15, 0.2) is 5.16 Å². The highest BCUT2D eigenvalue weighted by Gasteiger charge is 2.09. The molecule has 0 bridgehead atoms. The Hall–Kier alpha value is -2.35. The van der Waals surface area contributed by atoms with Crippen LogP contribution >= 0.6 is 11.8 Å². The van der Waals surface area contributed by atoms with Gasteiger partial charge in [-0.2, -0.15) is 4.98 Å². The van der Waals surface area contributed by atoms with Gasteiger partial charge in [0, 0.05) is 23.9 Å². The maximum atomic E-state index is 11.3. The van der Waals surface area contributed by atoms with Crippen LogP contribution in [-0.2, 0) is 12.8 Å². The summed E-state index contributed by atoms with van der Waals surface area (Å²) in [5, 5.41) is 2.75. The predicted molar refractivity (Wildman–Crippen MR) is 78.0 cm³/mol. The Morgan fingerprint density at radius 3 is 2.86 bits per heavy atom. The highest BCUT2D eigenvalue weighted by atomic mass is 32.2. The monoisotopic (exact) mass is 307 g/mol. The number of carbonyl (C=O) groups excluding carboxylic acids is 1. The van der Waals surface area contributed by atoms with E-state index in [4.69, 9.17) is 4.74 Å². The average molecular weight is 307 g/mol. The average Bonchev–Trinajstić information content (AvgIpc) is 2.49. The van der Waals surface area contributed by atoms with E-state index in [-0.39, 0.29) is 0 Å². The van der Waals surface area contributed by atoms with Crippen LogP contribution in [0, 0.1) is 0 Å². The van der Waals surface area contributed by atoms with Gasteiger partial charge in [0.05, 0.1) is 7.11 Å². The van der Waals surface area contributed by atoms with Gasteiger partial charge in [0.25, 0.3) is 0 Å². The van der Waals surface area contributed by atoms with E-state index in [1.165, 1.54) is 23.6 Å². The second-order valence-electron chi connectivity index (χ2n) is 4.18. The zero-order valence-corrected chi connectivity index (χ0v) is 12.3. The minimum absolute atomic E-state index is 0.373. The molecule has 7 nitrogen and oxygen atoms in total. The Morgan fingerprint density at radius 1 is 1.43 bits per heavy atom. The van der Waals surface area contributed by atoms with Crippen molar-refractivity contribution in [3.8, 4) is 5.75 Å². The number of nitrogens with one attached hydrogen (secondary N) is 1. The summed E-state index contributed by atoms with van der Waals surface area (Å²) in [7, 11) is 3.13. The quantitative estimate of drug-likeness (QED) is 0.493. The van der Waals surface area contributed by atoms with E-state index >= 15 is 0 Å². The fourth-order valence-electron chi connectivity index (χ4n) is 1.72. The number of rotatable bonds is 5. The fraction of sp³-hybridized carbons (Fsp3) is 0.231. The van der Waals surface area contributed by atoms with Crippen molar-refractivity contribution in [1.29, 1.82) is 0 Å². The molecule has 0 amide bonds. The first-order valence-corrected chi connectivity index (χ1v) is 6.96. The largest absolute Gasteiger partial charge is 0.496 e. The lowest BCUT2D eigenvalue weighted by molar-refractivity contribution is 0.112. The number of hydrogen-bond acceptors (Lipinski definition) is 6. The first kappa shape index (κ1) is 15.0. The molecule has 0 saturated heterocycles. The molecular weight excluding hydrogens is 294 g/mol. The summed E-state index contributed by atoms with van der Waals surface area (Å²) >= 11 is 1.26. The van der Waals surface area contributed by atoms with E-state index in [1.54, 1.807) is 25.2 Å². The molecule has 2 aromatic rings. The first-order valence-electron chi connectivity index (χ1n) is 5.97. The standard InChI is InChI=1S/C13H13N3O4S/c1-16-13(14-11(18)12(19)15-16)21-7-9-5-8(6-17)3-4-10(9)20-2/h3-6H,7H2,1-2H3,(H,15,19). The summed E-state index contributed by atoms with van der Waals surface area (Å²) in [6.07, 6.45) is 0.752. The normalized spacial score (nSPS) is 10.4. The second-order valence-corrected chi connectivity index (χ2v) is 5.12. The van der Waals surface area contributed by atoms with Crippen molar-refractivity contribution in [2.45, 2.75) is 10.9 Å². The summed E-state index contributed by atoms with van der Waals surface area (Å²) in [6, 6.07) is 5.08. The molecule has 0 saturated carbocycles. The van der Waals surface area contributed by atoms with Crippen molar-refractivity contribution < 1.29 is 9.53 Å². The number of nitrogens with zero attached hydrogens (tertiary/aromatic N) is 2. The highest BCUT2D eigenvalue weighted by Crippen LogP contribution is 2.26. The summed E-state index contributed by atoms with van der Waals surface area (Å²) in [4.78, 5) is 36.9. The minimum Gasteiger partial charge on any atom is -0.496 e. The van der Waals surface area contributed by atoms with Crippen molar-refractivity contribution in [2.75, 3.05) is 7.11 Å². The third-order valence-electron chi connectivity index (χ3n) is 2.74. The number of aryl methyl sites for hydroxylation is 1. The third-order valence-corrected chi connectivity index (χ3v) is 3.82. The van der Waals surface area contributed by atoms with E-state index in [1.807, 2.05) is 0 Å². The van der Waals surface area contributed by atoms with Gasteiger partial charge in [-0.15, -0.1) is 0 Å². The molecule has 0 atom stereocenters. The highest BCUT2D eigenvalue weighted by molar-refractivity contribution is 7.98. The van der Waals surface area contributed by atoms with Gasteiger partial charge in [-0.25, -0.2) is 0 Å². The van der Waals surface area contributed by atoms with Crippen molar-refractivity contribution in [3.05, 3.63) is 50.0 Å². The van der Waals surface area contributed by atoms with E-state index in [0.717, 1.165) is 11.8 Å². The lowest BCUT2D eigenvalue weighted by Crippen LogP contribution is -2.33. The topological polar surface area (TPSA) is 94.1 Å². The van der Waals surface area contributed by atoms with Crippen LogP contribution in [0.3, 0.4) is 0 Å². The molecule has 0 fully saturated rings. The van der Waals surface area contributed by atoms with E-state index < -0.39 is 11.1 Å². The molecule has 0 spiro atoms. The van der Waals surface area contributed by atoms with E-state index in [2.05, 4.69) is 10.1 Å². The summed E-state index contributed by atoms with van der Waals surface area (Å²) in [5.74, 6) is 1.08. The van der Waals surface area contributed by atoms with E-state index in [9.17, 15) is 14.4 Å². The molecular formula is C13H13N3O4S. The van der Waals surface area contributed by atoms with Crippen molar-refractivity contribution in [3.63, 3.8) is 0 Å². The first-order chi connectivity index (χ1) is 10.0. The third kappa shape index (κ3) is 3.40. The van der Waals surface area contributed by atoms with Crippen LogP contribution in [0.25, 0.3) is 0 Å². The summed E-state index contributed by atoms with van der Waals surface area (Å²) in [6.45, 7) is 0. The number of methoxy groups -OCH3 is 1. The molecule has 21 heavy (non-hydrogen) atoms. The van der Waals surface area contributed by atoms with Crippen molar-refractivity contribution in [1.82, 2.24) is 14.8 Å². The van der Waals surface area contributed by atoms with Gasteiger partial charge in [-0.05, 0) is 18.2 Å². The molecule has 1 heterocycles. The number of aldehydes is 1. The van der Waals surface area contributed by atoms with Crippen molar-refractivity contribution in [2.24, 2.45) is 7.05 Å². The number of thioether (sulfide) groups is 1. The number of hydrogen-bond donors (Lipinski definition) is 1. The molecule has 0 aliphatic heterocycles. The van der Waals surface area contributed by atoms with Gasteiger partial charge in [0.2, 0.25) is 0 Å². The molecule has 0 radical (unpaired) electrons. The SMILES string of the molecule is COc1ccc(C=O)cc1CSc1nc(=O)c(=O)[nH]n1C. The number of ether oxygens (including phenoxy) is 1. The molecule has 2 rings (SSSR count). The lowest BCUT2D eigenvalue weighted by atomic mass is 10.1. The van der Waals surface area contributed by atoms with Crippen LogP contribution in [0.2, 0.25) is 0 Å². The van der Waals surface area contributed by atoms with Gasteiger partial charge in [0.1, 0.15) is 12.0 Å². The molecule has 1 aromatic carbocycles. The van der Waals surface area contributed by atoms with E-state index in [0.29, 0.717) is 22.2 Å². The number of aromatic nitrogens is 3. The van der Waals surface area contributed by atoms with Crippen LogP contribution in [0.1, 0.15) is 15.9 Å². The lowest BCUT2D eigenvalue weighted by Gasteiger charge is -2.10. The smallest absolute Gasteiger partial charge is 0.339 e. The zero-order chi connectivity index (χ0) is 15.4. The number of benzene rings is 1. The predicted octanol–water partition coefficient (Wildman–Crippen LogP) is 0.582. The molecule has 8 heteroatoms. The minimum atomic E-state index is -0.829. The van der Waals surface area contributed by atoms with Crippen LogP contribution in [0.4, 0.5) is 0 Å². The number of aromatic amines is 1. The fourth-order valence-corrected chi connectivity index (χ4v) is 2.61. The summed E-state index contributed by atoms with van der Waals surface area (Å²) < 4.78 is 6.61. The van der Waals surface area contributed by atoms with Gasteiger partial charge in [-0.3, -0.25) is 24.2 Å². The Labute approximate surface area is 124 Å². The molecule has 0 aliphatic rings. The Balaban J connectivity index is 2.27. The van der Waals surface area contributed by atoms with Crippen LogP contribution in [-0.4, -0.2) is 28.2 Å². The van der Waals surface area contributed by atoms with Crippen molar-refractivity contribution >= 4 is 18.0 Å². The maximum absolute atomic E-state index is 11.3. The van der Waals surface area contributed by atoms with Crippen LogP contribution < -0.4 is 15.9 Å². The zero-order valence-electron chi connectivity index (χ0n) is 11.5. The van der Waals surface area contributed by atoms with Crippen LogP contribution in [0.15, 0.2) is 32.9 Å². The second kappa shape index (κ2) is 6.40. The summed E-state index contributed by atoms with van der Waals surface area (Å²) in [5.41, 5.74) is -0.256. The molecule has 1 N–H and O–H groups in total.